The van der Waals surface area contributed by atoms with Gasteiger partial charge in [0.15, 0.2) is 0 Å². The molecular formula is C23H29F5N2O7S. The molecule has 3 N–H and O–H groups in total. The van der Waals surface area contributed by atoms with E-state index >= 15 is 0 Å². The maximum absolute atomic E-state index is 14.1. The van der Waals surface area contributed by atoms with Crippen molar-refractivity contribution in [3.8, 4) is 0 Å². The number of ether oxygens (including phenoxy) is 2. The molecule has 5 saturated carbocycles. The van der Waals surface area contributed by atoms with Crippen molar-refractivity contribution < 1.29 is 54.0 Å². The van der Waals surface area contributed by atoms with E-state index in [0.29, 0.717) is 25.7 Å². The summed E-state index contributed by atoms with van der Waals surface area (Å²) in [6.07, 6.45) is -8.53. The number of alkyl halides is 5. The molecule has 15 heteroatoms. The van der Waals surface area contributed by atoms with Gasteiger partial charge in [0.25, 0.3) is 6.10 Å². The fourth-order valence-corrected chi connectivity index (χ4v) is 9.05. The molecule has 9 nitrogen and oxygen atoms in total. The molecule has 0 spiro atoms. The van der Waals surface area contributed by atoms with Gasteiger partial charge in [0, 0.05) is 6.42 Å². The van der Waals surface area contributed by atoms with Gasteiger partial charge in [-0.3, -0.25) is 24.8 Å². The first-order valence-electron chi connectivity index (χ1n) is 12.5. The van der Waals surface area contributed by atoms with Crippen LogP contribution in [0.1, 0.15) is 65.7 Å². The highest BCUT2D eigenvalue weighted by molar-refractivity contribution is 7.86. The third-order valence-corrected chi connectivity index (χ3v) is 11.0. The molecule has 0 radical (unpaired) electrons. The van der Waals surface area contributed by atoms with Crippen LogP contribution in [0.2, 0.25) is 0 Å². The number of carbonyl (C=O) groups is 2. The second-order valence-corrected chi connectivity index (χ2v) is 14.8. The highest BCUT2D eigenvalue weighted by Crippen LogP contribution is 2.79. The van der Waals surface area contributed by atoms with Crippen molar-refractivity contribution in [3.63, 3.8) is 0 Å². The van der Waals surface area contributed by atoms with E-state index in [-0.39, 0.29) is 36.8 Å². The Morgan fingerprint density at radius 1 is 0.947 bits per heavy atom. The monoisotopic (exact) mass is 572 g/mol. The van der Waals surface area contributed by atoms with Gasteiger partial charge in [0.1, 0.15) is 22.3 Å². The van der Waals surface area contributed by atoms with Crippen LogP contribution in [-0.2, 0) is 29.2 Å². The summed E-state index contributed by atoms with van der Waals surface area (Å²) in [7, 11) is -6.56. The van der Waals surface area contributed by atoms with Gasteiger partial charge < -0.3 is 9.47 Å². The summed E-state index contributed by atoms with van der Waals surface area (Å²) in [5.74, 6) is -2.53. The molecule has 7 rings (SSSR count). The van der Waals surface area contributed by atoms with Crippen molar-refractivity contribution in [1.82, 2.24) is 10.6 Å². The number of fused-ring (bicyclic) bond motifs is 1. The van der Waals surface area contributed by atoms with Gasteiger partial charge in [-0.1, -0.05) is 13.8 Å². The highest BCUT2D eigenvalue weighted by atomic mass is 32.2. The first-order valence-corrected chi connectivity index (χ1v) is 14.0. The van der Waals surface area contributed by atoms with Gasteiger partial charge in [-0.25, -0.2) is 0 Å². The Balaban J connectivity index is 1.27. The third-order valence-electron chi connectivity index (χ3n) is 10.1. The van der Waals surface area contributed by atoms with Gasteiger partial charge in [0.05, 0.1) is 5.41 Å². The summed E-state index contributed by atoms with van der Waals surface area (Å²) in [4.78, 5) is 26.9. The van der Waals surface area contributed by atoms with Crippen molar-refractivity contribution in [2.24, 2.45) is 28.1 Å². The lowest BCUT2D eigenvalue weighted by molar-refractivity contribution is -0.270. The summed E-state index contributed by atoms with van der Waals surface area (Å²) in [6, 6.07) is 0. The summed E-state index contributed by atoms with van der Waals surface area (Å²) < 4.78 is 110. The minimum Gasteiger partial charge on any atom is -0.458 e. The zero-order valence-electron chi connectivity index (χ0n) is 20.9. The molecular weight excluding hydrogens is 543 g/mol. The van der Waals surface area contributed by atoms with E-state index < -0.39 is 67.1 Å². The minimum atomic E-state index is -6.56. The SMILES string of the molecule is CC1(C)CC1(C(=O)OC12CC3CC(C1)CC(C(=O)OC(C(F)(F)F)C(F)(F)S(=O)(=O)O)(C3)C2)C12NC1(C)N2. The minimum absolute atomic E-state index is 0.0470. The Morgan fingerprint density at radius 3 is 1.84 bits per heavy atom. The molecule has 4 bridgehead atoms. The molecule has 38 heavy (non-hydrogen) atoms. The van der Waals surface area contributed by atoms with E-state index in [4.69, 9.17) is 9.29 Å². The topological polar surface area (TPSA) is 151 Å². The molecule has 2 saturated heterocycles. The number of rotatable bonds is 7. The molecule has 4 unspecified atom stereocenters. The van der Waals surface area contributed by atoms with Gasteiger partial charge >= 0.3 is 33.5 Å². The Labute approximate surface area is 215 Å². The summed E-state index contributed by atoms with van der Waals surface area (Å²) in [5, 5.41) is 0.765. The van der Waals surface area contributed by atoms with Crippen LogP contribution in [0.5, 0.6) is 0 Å². The zero-order chi connectivity index (χ0) is 28.2. The normalized spacial score (nSPS) is 46.7. The van der Waals surface area contributed by atoms with E-state index in [9.17, 15) is 40.0 Å². The van der Waals surface area contributed by atoms with Crippen molar-refractivity contribution in [3.05, 3.63) is 0 Å². The molecule has 7 fully saturated rings. The molecule has 2 aliphatic heterocycles. The van der Waals surface area contributed by atoms with E-state index in [1.165, 1.54) is 0 Å². The second-order valence-electron chi connectivity index (χ2n) is 13.3. The fraction of sp³-hybridized carbons (Fsp3) is 0.913. The Bertz CT molecular complexity index is 1230. The average molecular weight is 573 g/mol. The second kappa shape index (κ2) is 6.82. The number of hydrogen-bond acceptors (Lipinski definition) is 8. The lowest BCUT2D eigenvalue weighted by atomic mass is 9.48. The van der Waals surface area contributed by atoms with Crippen LogP contribution in [0, 0.1) is 28.1 Å². The van der Waals surface area contributed by atoms with Crippen molar-refractivity contribution in [2.75, 3.05) is 0 Å². The number of halogens is 5. The predicted molar refractivity (Wildman–Crippen MR) is 117 cm³/mol. The Morgan fingerprint density at radius 2 is 1.45 bits per heavy atom. The van der Waals surface area contributed by atoms with Crippen LogP contribution in [0.3, 0.4) is 0 Å². The standard InChI is InChI=1S/C23H29F5N2O7S/c1-16(2)9-20(16,23-17(3,29-23)30-23)15(32)37-19-7-11-4-12(8-19)6-18(5-11,10-19)14(31)36-13(21(24,25)26)22(27,28)38(33,34)35/h11-13,29-30H,4-10H2,1-3H3,(H,33,34,35). The van der Waals surface area contributed by atoms with Crippen LogP contribution in [0.4, 0.5) is 22.0 Å². The van der Waals surface area contributed by atoms with Gasteiger partial charge in [-0.15, -0.1) is 0 Å². The van der Waals surface area contributed by atoms with E-state index in [2.05, 4.69) is 15.4 Å². The molecule has 5 aliphatic carbocycles. The smallest absolute Gasteiger partial charge is 0.432 e. The molecule has 214 valence electrons. The number of esters is 2. The molecule has 2 heterocycles. The van der Waals surface area contributed by atoms with Crippen molar-refractivity contribution in [1.29, 1.82) is 0 Å². The first-order chi connectivity index (χ1) is 17.1. The third kappa shape index (κ3) is 3.21. The average Bonchev–Trinajstić information content (AvgIpc) is 3.61. The summed E-state index contributed by atoms with van der Waals surface area (Å²) in [5.41, 5.74) is -5.07. The molecule has 0 aromatic carbocycles. The Kier molecular flexibility index (Phi) is 4.78. The van der Waals surface area contributed by atoms with Crippen LogP contribution in [0.25, 0.3) is 0 Å². The van der Waals surface area contributed by atoms with E-state index in [0.717, 1.165) is 0 Å². The fourth-order valence-electron chi connectivity index (χ4n) is 8.60. The van der Waals surface area contributed by atoms with Gasteiger partial charge in [0.2, 0.25) is 0 Å². The number of nitrogens with one attached hydrogen (secondary N) is 2. The highest BCUT2D eigenvalue weighted by Gasteiger charge is 2.97. The Hall–Kier alpha value is -1.58. The molecule has 4 atom stereocenters. The van der Waals surface area contributed by atoms with Crippen molar-refractivity contribution in [2.45, 2.75) is 100 Å². The number of carbonyl (C=O) groups excluding carboxylic acids is 2. The molecule has 0 amide bonds. The predicted octanol–water partition coefficient (Wildman–Crippen LogP) is 2.86. The maximum atomic E-state index is 14.1. The van der Waals surface area contributed by atoms with Crippen LogP contribution < -0.4 is 10.6 Å². The first kappa shape index (κ1) is 26.6. The van der Waals surface area contributed by atoms with Crippen LogP contribution in [0.15, 0.2) is 0 Å². The van der Waals surface area contributed by atoms with Gasteiger partial charge in [-0.2, -0.15) is 30.4 Å². The summed E-state index contributed by atoms with van der Waals surface area (Å²) in [6.45, 7) is 5.80. The van der Waals surface area contributed by atoms with Gasteiger partial charge in [-0.05, 0) is 62.7 Å². The largest absolute Gasteiger partial charge is 0.458 e. The molecule has 0 aromatic rings. The lowest BCUT2D eigenvalue weighted by Crippen LogP contribution is -2.62. The van der Waals surface area contributed by atoms with E-state index in [1.807, 2.05) is 20.8 Å². The quantitative estimate of drug-likeness (QED) is 0.181. The maximum Gasteiger partial charge on any atom is 0.432 e. The van der Waals surface area contributed by atoms with Crippen molar-refractivity contribution >= 4 is 22.1 Å². The molecule has 0 aromatic heterocycles. The van der Waals surface area contributed by atoms with E-state index in [1.54, 1.807) is 0 Å². The van der Waals surface area contributed by atoms with Crippen LogP contribution >= 0.6 is 0 Å². The summed E-state index contributed by atoms with van der Waals surface area (Å²) >= 11 is 0. The lowest BCUT2D eigenvalue weighted by Gasteiger charge is -2.60. The zero-order valence-corrected chi connectivity index (χ0v) is 21.7. The molecule has 7 aliphatic rings. The van der Waals surface area contributed by atoms with Crippen LogP contribution in [-0.4, -0.2) is 59.4 Å². The number of hydrogen-bond donors (Lipinski definition) is 3.